The summed E-state index contributed by atoms with van der Waals surface area (Å²) in [6.07, 6.45) is 1.12. The fraction of sp³-hybridized carbons (Fsp3) is 0.625. The van der Waals surface area contributed by atoms with Crippen molar-refractivity contribution in [3.8, 4) is 5.75 Å². The minimum Gasteiger partial charge on any atom is -0.494 e. The molecule has 5 nitrogen and oxygen atoms in total. The van der Waals surface area contributed by atoms with E-state index in [0.29, 0.717) is 24.5 Å². The molecule has 284 valence electrons. The smallest absolute Gasteiger partial charge is 0.460 e. The molecular weight excluding hydrogens is 705 g/mol. The predicted octanol–water partition coefficient (Wildman–Crippen LogP) is 10.9. The number of halogens is 13. The summed E-state index contributed by atoms with van der Waals surface area (Å²) in [7, 11) is 4.20. The number of unbranched alkanes of at least 4 members (excludes halogenated alkanes) is 7. The molecule has 0 fully saturated rings. The van der Waals surface area contributed by atoms with Gasteiger partial charge in [-0.15, -0.1) is 0 Å². The normalized spacial score (nSPS) is 14.1. The molecule has 50 heavy (non-hydrogen) atoms. The van der Waals surface area contributed by atoms with Crippen LogP contribution in [0, 0.1) is 0 Å². The molecule has 0 aromatic heterocycles. The Morgan fingerprint density at radius 1 is 0.540 bits per heavy atom. The van der Waals surface area contributed by atoms with Crippen molar-refractivity contribution in [3.63, 3.8) is 0 Å². The van der Waals surface area contributed by atoms with Gasteiger partial charge in [0.25, 0.3) is 0 Å². The van der Waals surface area contributed by atoms with Gasteiger partial charge in [0, 0.05) is 5.56 Å². The van der Waals surface area contributed by atoms with E-state index in [2.05, 4.69) is 24.3 Å². The molecule has 0 saturated carbocycles. The topological polar surface area (TPSA) is 54.2 Å². The van der Waals surface area contributed by atoms with Gasteiger partial charge >= 0.3 is 35.8 Å². The van der Waals surface area contributed by atoms with Gasteiger partial charge in [-0.25, -0.2) is 0 Å². The van der Waals surface area contributed by atoms with Crippen molar-refractivity contribution in [2.45, 2.75) is 87.2 Å². The van der Waals surface area contributed by atoms with Gasteiger partial charge in [0.1, 0.15) is 12.3 Å². The van der Waals surface area contributed by atoms with E-state index >= 15 is 0 Å². The Hall–Kier alpha value is -3.15. The van der Waals surface area contributed by atoms with Crippen molar-refractivity contribution in [3.05, 3.63) is 54.1 Å². The standard InChI is InChI=1S/C32H39F13N3O2/c1-48(2,20-21-49)19-9-7-5-3-4-6-8-10-22-50-26-17-15-25(16-18-26)47-46-24-13-11-23(12-14-24)27(33,34)28(35,36)29(37,38)30(39,40)31(41,42)32(43,44)45/h11-18,49H,3-10,19-22H2,1-2H3/q+1. The highest BCUT2D eigenvalue weighted by Crippen LogP contribution is 2.62. The summed E-state index contributed by atoms with van der Waals surface area (Å²) in [5.74, 6) is -36.8. The fourth-order valence-electron chi connectivity index (χ4n) is 4.69. The molecule has 0 unspecified atom stereocenters. The highest BCUT2D eigenvalue weighted by Gasteiger charge is 2.90. The van der Waals surface area contributed by atoms with Crippen molar-refractivity contribution in [1.29, 1.82) is 0 Å². The van der Waals surface area contributed by atoms with Gasteiger partial charge in [0.05, 0.1) is 45.2 Å². The molecule has 0 aliphatic heterocycles. The van der Waals surface area contributed by atoms with Gasteiger partial charge in [-0.2, -0.15) is 67.3 Å². The molecule has 18 heteroatoms. The van der Waals surface area contributed by atoms with Gasteiger partial charge in [0.15, 0.2) is 0 Å². The van der Waals surface area contributed by atoms with Crippen molar-refractivity contribution in [2.24, 2.45) is 10.2 Å². The van der Waals surface area contributed by atoms with Crippen molar-refractivity contribution in [1.82, 2.24) is 0 Å². The Balaban J connectivity index is 1.86. The summed E-state index contributed by atoms with van der Waals surface area (Å²) in [5, 5.41) is 16.5. The van der Waals surface area contributed by atoms with Crippen LogP contribution in [0.4, 0.5) is 68.5 Å². The summed E-state index contributed by atoms with van der Waals surface area (Å²) in [6, 6.07) is 7.15. The van der Waals surface area contributed by atoms with E-state index in [9.17, 15) is 57.1 Å². The third-order valence-corrected chi connectivity index (χ3v) is 7.91. The molecule has 1 N–H and O–H groups in total. The third kappa shape index (κ3) is 10.2. The monoisotopic (exact) mass is 744 g/mol. The van der Waals surface area contributed by atoms with Crippen molar-refractivity contribution >= 4 is 11.4 Å². The molecule has 0 saturated heterocycles. The van der Waals surface area contributed by atoms with Crippen LogP contribution in [0.15, 0.2) is 58.8 Å². The number of likely N-dealkylation sites (N-methyl/N-ethyl adjacent to an activating group) is 1. The SMILES string of the molecule is C[N+](C)(CCO)CCCCCCCCCCOc1ccc(N=Nc2ccc(C(F)(F)C(F)(F)C(F)(F)C(F)(F)C(F)(F)C(F)(F)F)cc2)cc1. The zero-order valence-electron chi connectivity index (χ0n) is 27.2. The van der Waals surface area contributed by atoms with E-state index < -0.39 is 41.4 Å². The number of benzene rings is 2. The molecule has 0 aliphatic rings. The average molecular weight is 745 g/mol. The first-order valence-electron chi connectivity index (χ1n) is 15.6. The van der Waals surface area contributed by atoms with Gasteiger partial charge in [-0.05, 0) is 55.7 Å². The molecule has 0 spiro atoms. The molecule has 0 radical (unpaired) electrons. The second-order valence-electron chi connectivity index (χ2n) is 12.4. The van der Waals surface area contributed by atoms with Crippen LogP contribution in [-0.2, 0) is 5.92 Å². The number of rotatable bonds is 21. The number of hydrogen-bond acceptors (Lipinski definition) is 4. The van der Waals surface area contributed by atoms with Crippen LogP contribution in [0.3, 0.4) is 0 Å². The largest absolute Gasteiger partial charge is 0.494 e. The number of quaternary nitrogens is 1. The van der Waals surface area contributed by atoms with E-state index in [0.717, 1.165) is 68.9 Å². The number of nitrogens with zero attached hydrogens (tertiary/aromatic N) is 3. The number of alkyl halides is 13. The molecule has 0 aliphatic carbocycles. The van der Waals surface area contributed by atoms with Crippen LogP contribution in [0.2, 0.25) is 0 Å². The van der Waals surface area contributed by atoms with Crippen LogP contribution in [0.5, 0.6) is 5.75 Å². The molecule has 2 aromatic rings. The Morgan fingerprint density at radius 2 is 0.960 bits per heavy atom. The van der Waals surface area contributed by atoms with Gasteiger partial charge in [0.2, 0.25) is 0 Å². The van der Waals surface area contributed by atoms with Gasteiger partial charge in [-0.1, -0.05) is 44.2 Å². The van der Waals surface area contributed by atoms with Crippen LogP contribution < -0.4 is 4.74 Å². The summed E-state index contributed by atoms with van der Waals surface area (Å²) < 4.78 is 181. The predicted molar refractivity (Wildman–Crippen MR) is 158 cm³/mol. The first-order valence-corrected chi connectivity index (χ1v) is 15.6. The summed E-state index contributed by atoms with van der Waals surface area (Å²) in [6.45, 7) is 2.42. The molecule has 2 rings (SSSR count). The van der Waals surface area contributed by atoms with Crippen LogP contribution in [0.25, 0.3) is 0 Å². The van der Waals surface area contributed by atoms with Crippen LogP contribution in [0.1, 0.15) is 56.9 Å². The Bertz CT molecular complexity index is 1350. The third-order valence-electron chi connectivity index (χ3n) is 7.91. The highest BCUT2D eigenvalue weighted by atomic mass is 19.4. The maximum absolute atomic E-state index is 14.4. The molecule has 0 heterocycles. The quantitative estimate of drug-likeness (QED) is 0.0599. The molecule has 0 atom stereocenters. The van der Waals surface area contributed by atoms with Gasteiger partial charge in [-0.3, -0.25) is 0 Å². The molecule has 0 bridgehead atoms. The summed E-state index contributed by atoms with van der Waals surface area (Å²) in [4.78, 5) is 0. The Labute approximate surface area is 280 Å². The second kappa shape index (κ2) is 16.9. The summed E-state index contributed by atoms with van der Waals surface area (Å²) >= 11 is 0. The average Bonchev–Trinajstić information content (AvgIpc) is 3.02. The summed E-state index contributed by atoms with van der Waals surface area (Å²) in [5.41, 5.74) is -2.21. The Kier molecular flexibility index (Phi) is 14.5. The minimum absolute atomic E-state index is 0.0257. The number of hydrogen-bond donors (Lipinski definition) is 1. The second-order valence-corrected chi connectivity index (χ2v) is 12.4. The van der Waals surface area contributed by atoms with E-state index in [1.54, 1.807) is 12.1 Å². The van der Waals surface area contributed by atoms with Crippen LogP contribution >= 0.6 is 0 Å². The highest BCUT2D eigenvalue weighted by molar-refractivity contribution is 5.44. The van der Waals surface area contributed by atoms with E-state index in [-0.39, 0.29) is 30.1 Å². The Morgan fingerprint density at radius 3 is 1.42 bits per heavy atom. The number of ether oxygens (including phenoxy) is 1. The zero-order valence-corrected chi connectivity index (χ0v) is 27.2. The first-order chi connectivity index (χ1) is 22.9. The van der Waals surface area contributed by atoms with E-state index in [1.165, 1.54) is 12.1 Å². The fourth-order valence-corrected chi connectivity index (χ4v) is 4.69. The molecular formula is C32H39F13N3O2+. The number of azo groups is 1. The lowest BCUT2D eigenvalue weighted by atomic mass is 9.90. The van der Waals surface area contributed by atoms with Crippen molar-refractivity contribution < 1.29 is 71.4 Å². The number of aliphatic hydroxyl groups excluding tert-OH is 1. The maximum atomic E-state index is 14.4. The van der Waals surface area contributed by atoms with Crippen LogP contribution in [-0.4, -0.2) is 79.9 Å². The van der Waals surface area contributed by atoms with E-state index in [1.807, 2.05) is 0 Å². The minimum atomic E-state index is -7.96. The molecule has 2 aromatic carbocycles. The van der Waals surface area contributed by atoms with Gasteiger partial charge < -0.3 is 14.3 Å². The lowest BCUT2D eigenvalue weighted by molar-refractivity contribution is -0.890. The lowest BCUT2D eigenvalue weighted by Crippen LogP contribution is -2.69. The number of aliphatic hydroxyl groups is 1. The maximum Gasteiger partial charge on any atom is 0.460 e. The lowest BCUT2D eigenvalue weighted by Gasteiger charge is -2.39. The first kappa shape index (κ1) is 43.0. The van der Waals surface area contributed by atoms with Crippen molar-refractivity contribution in [2.75, 3.05) is 40.4 Å². The van der Waals surface area contributed by atoms with E-state index in [4.69, 9.17) is 9.84 Å². The zero-order chi connectivity index (χ0) is 38.1. The molecule has 0 amide bonds.